The van der Waals surface area contributed by atoms with Crippen molar-refractivity contribution in [3.63, 3.8) is 0 Å². The predicted molar refractivity (Wildman–Crippen MR) is 77.0 cm³/mol. The lowest BCUT2D eigenvalue weighted by Crippen LogP contribution is -2.24. The summed E-state index contributed by atoms with van der Waals surface area (Å²) in [6.45, 7) is 3.93. The van der Waals surface area contributed by atoms with Crippen LogP contribution in [0.4, 0.5) is 0 Å². The van der Waals surface area contributed by atoms with Crippen LogP contribution in [-0.4, -0.2) is 16.2 Å². The largest absolute Gasteiger partial charge is 0.481 e. The molecule has 4 heteroatoms. The second kappa shape index (κ2) is 5.63. The maximum absolute atomic E-state index is 11.2. The Balaban J connectivity index is 2.31. The van der Waals surface area contributed by atoms with E-state index >= 15 is 0 Å². The molecule has 1 fully saturated rings. The van der Waals surface area contributed by atoms with Crippen LogP contribution >= 0.6 is 15.9 Å². The van der Waals surface area contributed by atoms with E-state index in [1.54, 1.807) is 0 Å². The number of rotatable bonds is 3. The minimum atomic E-state index is -0.784. The molecule has 19 heavy (non-hydrogen) atoms. The Kier molecular flexibility index (Phi) is 4.31. The summed E-state index contributed by atoms with van der Waals surface area (Å²) in [5.41, 5.74) is 2.92. The lowest BCUT2D eigenvalue weighted by Gasteiger charge is -2.24. The molecule has 3 atom stereocenters. The standard InChI is InChI=1S/C15H19BrO3/c1-8-7-13(16)9(2)6-12(8)14(17)10-4-3-5-11(10)15(18)19/h6-7,10-11,14,17H,3-5H2,1-2H3,(H,18,19). The number of carboxylic acids is 1. The van der Waals surface area contributed by atoms with Gasteiger partial charge in [-0.3, -0.25) is 4.79 Å². The van der Waals surface area contributed by atoms with Crippen molar-refractivity contribution in [2.75, 3.05) is 0 Å². The average molecular weight is 327 g/mol. The molecule has 0 amide bonds. The topological polar surface area (TPSA) is 57.5 Å². The highest BCUT2D eigenvalue weighted by Crippen LogP contribution is 2.41. The Morgan fingerprint density at radius 2 is 2.00 bits per heavy atom. The minimum absolute atomic E-state index is 0.170. The molecule has 0 bridgehead atoms. The van der Waals surface area contributed by atoms with Crippen LogP contribution in [0.1, 0.15) is 42.1 Å². The summed E-state index contributed by atoms with van der Waals surface area (Å²) >= 11 is 3.47. The molecule has 1 aromatic carbocycles. The van der Waals surface area contributed by atoms with Gasteiger partial charge in [0.05, 0.1) is 12.0 Å². The number of benzene rings is 1. The molecule has 104 valence electrons. The van der Waals surface area contributed by atoms with Crippen molar-refractivity contribution in [2.24, 2.45) is 11.8 Å². The third-order valence-electron chi connectivity index (χ3n) is 4.16. The monoisotopic (exact) mass is 326 g/mol. The molecule has 0 aromatic heterocycles. The van der Waals surface area contributed by atoms with E-state index in [4.69, 9.17) is 0 Å². The van der Waals surface area contributed by atoms with Crippen molar-refractivity contribution in [1.29, 1.82) is 0 Å². The smallest absolute Gasteiger partial charge is 0.306 e. The summed E-state index contributed by atoms with van der Waals surface area (Å²) in [5.74, 6) is -1.37. The van der Waals surface area contributed by atoms with Gasteiger partial charge < -0.3 is 10.2 Å². The van der Waals surface area contributed by atoms with E-state index in [1.165, 1.54) is 0 Å². The second-order valence-electron chi connectivity index (χ2n) is 5.44. The maximum atomic E-state index is 11.2. The Hall–Kier alpha value is -0.870. The van der Waals surface area contributed by atoms with E-state index in [9.17, 15) is 15.0 Å². The van der Waals surface area contributed by atoms with Crippen molar-refractivity contribution in [1.82, 2.24) is 0 Å². The maximum Gasteiger partial charge on any atom is 0.306 e. The number of aryl methyl sites for hydroxylation is 2. The third kappa shape index (κ3) is 2.84. The van der Waals surface area contributed by atoms with Crippen LogP contribution < -0.4 is 0 Å². The van der Waals surface area contributed by atoms with Crippen molar-refractivity contribution < 1.29 is 15.0 Å². The fourth-order valence-electron chi connectivity index (χ4n) is 3.03. The molecule has 0 aliphatic heterocycles. The van der Waals surface area contributed by atoms with Crippen molar-refractivity contribution in [2.45, 2.75) is 39.2 Å². The summed E-state index contributed by atoms with van der Waals surface area (Å²) < 4.78 is 1.02. The molecule has 2 N–H and O–H groups in total. The van der Waals surface area contributed by atoms with Gasteiger partial charge in [0.2, 0.25) is 0 Å². The van der Waals surface area contributed by atoms with Crippen LogP contribution in [0.3, 0.4) is 0 Å². The number of aliphatic carboxylic acids is 1. The molecule has 0 spiro atoms. The van der Waals surface area contributed by atoms with Crippen LogP contribution in [-0.2, 0) is 4.79 Å². The number of carbonyl (C=O) groups is 1. The van der Waals surface area contributed by atoms with Crippen LogP contribution in [0.15, 0.2) is 16.6 Å². The first-order valence-corrected chi connectivity index (χ1v) is 7.38. The normalized spacial score (nSPS) is 24.4. The van der Waals surface area contributed by atoms with Gasteiger partial charge in [-0.15, -0.1) is 0 Å². The number of halogens is 1. The van der Waals surface area contributed by atoms with Gasteiger partial charge in [0, 0.05) is 10.4 Å². The van der Waals surface area contributed by atoms with E-state index in [0.717, 1.165) is 34.0 Å². The van der Waals surface area contributed by atoms with Crippen LogP contribution in [0, 0.1) is 25.7 Å². The first-order valence-electron chi connectivity index (χ1n) is 6.59. The van der Waals surface area contributed by atoms with E-state index < -0.39 is 18.0 Å². The summed E-state index contributed by atoms with van der Waals surface area (Å²) in [5, 5.41) is 19.8. The molecule has 2 rings (SSSR count). The Morgan fingerprint density at radius 1 is 1.32 bits per heavy atom. The Morgan fingerprint density at radius 3 is 2.63 bits per heavy atom. The molecule has 1 aliphatic rings. The molecule has 0 saturated heterocycles. The minimum Gasteiger partial charge on any atom is -0.481 e. The molecular weight excluding hydrogens is 308 g/mol. The predicted octanol–water partition coefficient (Wildman–Crippen LogP) is 3.60. The zero-order valence-electron chi connectivity index (χ0n) is 11.2. The van der Waals surface area contributed by atoms with Gasteiger partial charge in [0.15, 0.2) is 0 Å². The zero-order valence-corrected chi connectivity index (χ0v) is 12.8. The first kappa shape index (κ1) is 14.5. The SMILES string of the molecule is Cc1cc(C(O)C2CCCC2C(=O)O)c(C)cc1Br. The van der Waals surface area contributed by atoms with Crippen LogP contribution in [0.2, 0.25) is 0 Å². The second-order valence-corrected chi connectivity index (χ2v) is 6.30. The first-order chi connectivity index (χ1) is 8.91. The van der Waals surface area contributed by atoms with Crippen LogP contribution in [0.5, 0.6) is 0 Å². The van der Waals surface area contributed by atoms with Gasteiger partial charge in [-0.25, -0.2) is 0 Å². The van der Waals surface area contributed by atoms with Crippen molar-refractivity contribution in [3.05, 3.63) is 33.3 Å². The summed E-state index contributed by atoms with van der Waals surface area (Å²) in [4.78, 5) is 11.2. The molecule has 3 nitrogen and oxygen atoms in total. The van der Waals surface area contributed by atoms with E-state index in [1.807, 2.05) is 26.0 Å². The lowest BCUT2D eigenvalue weighted by atomic mass is 9.85. The summed E-state index contributed by atoms with van der Waals surface area (Å²) in [6.07, 6.45) is 1.65. The van der Waals surface area contributed by atoms with Gasteiger partial charge in [-0.2, -0.15) is 0 Å². The molecule has 0 radical (unpaired) electrons. The van der Waals surface area contributed by atoms with Gasteiger partial charge in [0.25, 0.3) is 0 Å². The van der Waals surface area contributed by atoms with E-state index in [0.29, 0.717) is 6.42 Å². The number of hydrogen-bond donors (Lipinski definition) is 2. The zero-order chi connectivity index (χ0) is 14.2. The van der Waals surface area contributed by atoms with Crippen LogP contribution in [0.25, 0.3) is 0 Å². The highest BCUT2D eigenvalue weighted by molar-refractivity contribution is 9.10. The number of aliphatic hydroxyl groups is 1. The fraction of sp³-hybridized carbons (Fsp3) is 0.533. The van der Waals surface area contributed by atoms with Gasteiger partial charge in [-0.05, 0) is 49.4 Å². The molecule has 1 saturated carbocycles. The lowest BCUT2D eigenvalue weighted by molar-refractivity contribution is -0.144. The van der Waals surface area contributed by atoms with E-state index in [-0.39, 0.29) is 5.92 Å². The highest BCUT2D eigenvalue weighted by atomic mass is 79.9. The van der Waals surface area contributed by atoms with E-state index in [2.05, 4.69) is 15.9 Å². The fourth-order valence-corrected chi connectivity index (χ4v) is 3.48. The van der Waals surface area contributed by atoms with Gasteiger partial charge in [0.1, 0.15) is 0 Å². The molecule has 0 heterocycles. The van der Waals surface area contributed by atoms with Gasteiger partial charge >= 0.3 is 5.97 Å². The highest BCUT2D eigenvalue weighted by Gasteiger charge is 2.38. The number of hydrogen-bond acceptors (Lipinski definition) is 2. The Bertz CT molecular complexity index is 498. The number of carboxylic acid groups (broad SMARTS) is 1. The molecule has 3 unspecified atom stereocenters. The Labute approximate surface area is 121 Å². The van der Waals surface area contributed by atoms with Gasteiger partial charge in [-0.1, -0.05) is 28.4 Å². The average Bonchev–Trinajstić information content (AvgIpc) is 2.82. The summed E-state index contributed by atoms with van der Waals surface area (Å²) in [7, 11) is 0. The van der Waals surface area contributed by atoms with Crippen molar-refractivity contribution >= 4 is 21.9 Å². The number of aliphatic hydroxyl groups excluding tert-OH is 1. The van der Waals surface area contributed by atoms with Crippen molar-refractivity contribution in [3.8, 4) is 0 Å². The molecule has 1 aromatic rings. The molecule has 1 aliphatic carbocycles. The summed E-state index contributed by atoms with van der Waals surface area (Å²) in [6, 6.07) is 3.94. The quantitative estimate of drug-likeness (QED) is 0.892. The molecular formula is C15H19BrO3. The third-order valence-corrected chi connectivity index (χ3v) is 5.01.